The second kappa shape index (κ2) is 11.1. The number of pyridine rings is 1. The normalized spacial score (nSPS) is 21.4. The van der Waals surface area contributed by atoms with Crippen LogP contribution in [0.1, 0.15) is 59.3 Å². The van der Waals surface area contributed by atoms with E-state index in [4.69, 9.17) is 14.2 Å². The van der Waals surface area contributed by atoms with Gasteiger partial charge in [0.2, 0.25) is 0 Å². The van der Waals surface area contributed by atoms with E-state index < -0.39 is 24.6 Å². The first-order valence-corrected chi connectivity index (χ1v) is 11.8. The van der Waals surface area contributed by atoms with E-state index >= 15 is 0 Å². The van der Waals surface area contributed by atoms with Crippen LogP contribution in [0.25, 0.3) is 0 Å². The van der Waals surface area contributed by atoms with Gasteiger partial charge in [0.25, 0.3) is 0 Å². The van der Waals surface area contributed by atoms with Gasteiger partial charge in [-0.25, -0.2) is 4.79 Å². The third kappa shape index (κ3) is 5.81. The van der Waals surface area contributed by atoms with Crippen molar-refractivity contribution in [3.8, 4) is 0 Å². The van der Waals surface area contributed by atoms with Gasteiger partial charge >= 0.3 is 12.1 Å². The maximum atomic E-state index is 12.9. The van der Waals surface area contributed by atoms with Crippen molar-refractivity contribution >= 4 is 39.5 Å². The second-order valence-electron chi connectivity index (χ2n) is 8.06. The van der Waals surface area contributed by atoms with Crippen molar-refractivity contribution < 1.29 is 33.3 Å². The van der Waals surface area contributed by atoms with E-state index in [0.717, 1.165) is 29.3 Å². The molecule has 0 saturated carbocycles. The SMILES string of the molecule is COC(=O)Nc1ccc(C(=O)COC(=O)C2CC(OC3CCCCO3)c3cc(Br)cnc32)cc1. The monoisotopic (exact) mass is 532 g/mol. The number of hydrogen-bond acceptors (Lipinski definition) is 8. The van der Waals surface area contributed by atoms with Gasteiger partial charge in [-0.2, -0.15) is 0 Å². The molecule has 2 aromatic rings. The van der Waals surface area contributed by atoms with Crippen LogP contribution in [0, 0.1) is 0 Å². The fraction of sp³-hybridized carbons (Fsp3) is 0.417. The number of halogens is 1. The number of nitrogens with zero attached hydrogens (tertiary/aromatic N) is 1. The molecule has 0 spiro atoms. The summed E-state index contributed by atoms with van der Waals surface area (Å²) in [6, 6.07) is 8.11. The lowest BCUT2D eigenvalue weighted by Gasteiger charge is -2.26. The van der Waals surface area contributed by atoms with Crippen molar-refractivity contribution in [3.05, 3.63) is 57.8 Å². The molecular weight excluding hydrogens is 508 g/mol. The summed E-state index contributed by atoms with van der Waals surface area (Å²) in [5, 5.41) is 2.50. The van der Waals surface area contributed by atoms with Gasteiger partial charge in [0.05, 0.1) is 18.9 Å². The average Bonchev–Trinajstić information content (AvgIpc) is 3.20. The molecule has 1 aromatic carbocycles. The first-order chi connectivity index (χ1) is 16.4. The van der Waals surface area contributed by atoms with Crippen molar-refractivity contribution in [2.75, 3.05) is 25.6 Å². The summed E-state index contributed by atoms with van der Waals surface area (Å²) in [6.45, 7) is 0.260. The van der Waals surface area contributed by atoms with E-state index in [1.54, 1.807) is 30.5 Å². The van der Waals surface area contributed by atoms with E-state index in [9.17, 15) is 14.4 Å². The number of rotatable bonds is 7. The Bertz CT molecular complexity index is 1050. The molecule has 9 nitrogen and oxygen atoms in total. The summed E-state index contributed by atoms with van der Waals surface area (Å²) in [4.78, 5) is 41.1. The Balaban J connectivity index is 1.37. The van der Waals surface area contributed by atoms with Crippen molar-refractivity contribution in [3.63, 3.8) is 0 Å². The van der Waals surface area contributed by atoms with Crippen LogP contribution in [0.15, 0.2) is 41.0 Å². The Hall–Kier alpha value is -2.82. The molecule has 1 aliphatic carbocycles. The van der Waals surface area contributed by atoms with Crippen molar-refractivity contribution in [1.29, 1.82) is 0 Å². The molecule has 3 unspecified atom stereocenters. The summed E-state index contributed by atoms with van der Waals surface area (Å²) in [5.41, 5.74) is 2.26. The Labute approximate surface area is 205 Å². The lowest BCUT2D eigenvalue weighted by atomic mass is 10.1. The van der Waals surface area contributed by atoms with Crippen molar-refractivity contribution in [1.82, 2.24) is 4.98 Å². The van der Waals surface area contributed by atoms with E-state index in [1.807, 2.05) is 6.07 Å². The van der Waals surface area contributed by atoms with Gasteiger partial charge in [0.1, 0.15) is 5.92 Å². The van der Waals surface area contributed by atoms with Crippen LogP contribution in [-0.4, -0.2) is 49.4 Å². The molecule has 2 aliphatic rings. The smallest absolute Gasteiger partial charge is 0.411 e. The maximum Gasteiger partial charge on any atom is 0.411 e. The Morgan fingerprint density at radius 2 is 2.00 bits per heavy atom. The zero-order valence-electron chi connectivity index (χ0n) is 18.6. The van der Waals surface area contributed by atoms with Gasteiger partial charge in [0, 0.05) is 34.1 Å². The highest BCUT2D eigenvalue weighted by Crippen LogP contribution is 2.44. The molecule has 1 N–H and O–H groups in total. The van der Waals surface area contributed by atoms with E-state index in [1.165, 1.54) is 7.11 Å². The molecule has 0 bridgehead atoms. The number of fused-ring (bicyclic) bond motifs is 1. The number of amides is 1. The first kappa shape index (κ1) is 24.3. The van der Waals surface area contributed by atoms with Crippen LogP contribution in [0.2, 0.25) is 0 Å². The molecule has 1 fully saturated rings. The number of ether oxygens (including phenoxy) is 4. The minimum atomic E-state index is -0.629. The minimum absolute atomic E-state index is 0.307. The average molecular weight is 533 g/mol. The molecule has 180 valence electrons. The van der Waals surface area contributed by atoms with E-state index in [2.05, 4.69) is 31.0 Å². The number of methoxy groups -OCH3 is 1. The molecule has 3 atom stereocenters. The number of carbonyl (C=O) groups is 3. The van der Waals surface area contributed by atoms with Crippen LogP contribution >= 0.6 is 15.9 Å². The van der Waals surface area contributed by atoms with Crippen LogP contribution in [0.5, 0.6) is 0 Å². The Kier molecular flexibility index (Phi) is 7.91. The summed E-state index contributed by atoms with van der Waals surface area (Å²) >= 11 is 3.43. The molecule has 1 saturated heterocycles. The predicted molar refractivity (Wildman–Crippen MR) is 124 cm³/mol. The second-order valence-corrected chi connectivity index (χ2v) is 8.98. The molecular formula is C24H25BrN2O7. The highest BCUT2D eigenvalue weighted by Gasteiger charge is 2.40. The summed E-state index contributed by atoms with van der Waals surface area (Å²) < 4.78 is 22.5. The summed E-state index contributed by atoms with van der Waals surface area (Å²) in [6.07, 6.45) is 3.61. The van der Waals surface area contributed by atoms with Gasteiger partial charge in [-0.05, 0) is 71.9 Å². The van der Waals surface area contributed by atoms with E-state index in [-0.39, 0.29) is 18.2 Å². The minimum Gasteiger partial charge on any atom is -0.457 e. The number of carbonyl (C=O) groups excluding carboxylic acids is 3. The quantitative estimate of drug-likeness (QED) is 0.409. The number of aromatic nitrogens is 1. The third-order valence-corrected chi connectivity index (χ3v) is 6.20. The third-order valence-electron chi connectivity index (χ3n) is 5.77. The van der Waals surface area contributed by atoms with Crippen molar-refractivity contribution in [2.24, 2.45) is 0 Å². The van der Waals surface area contributed by atoms with Crippen LogP contribution in [-0.2, 0) is 23.7 Å². The molecule has 10 heteroatoms. The van der Waals surface area contributed by atoms with Crippen LogP contribution in [0.4, 0.5) is 10.5 Å². The number of esters is 1. The van der Waals surface area contributed by atoms with Gasteiger partial charge in [-0.15, -0.1) is 0 Å². The highest BCUT2D eigenvalue weighted by atomic mass is 79.9. The topological polar surface area (TPSA) is 113 Å². The molecule has 34 heavy (non-hydrogen) atoms. The zero-order valence-corrected chi connectivity index (χ0v) is 20.2. The number of anilines is 1. The number of benzene rings is 1. The predicted octanol–water partition coefficient (Wildman–Crippen LogP) is 4.52. The summed E-state index contributed by atoms with van der Waals surface area (Å²) in [5.74, 6) is -1.51. The molecule has 0 radical (unpaired) electrons. The standard InChI is InChI=1S/C24H25BrN2O7/c1-31-24(30)27-16-7-5-14(6-8-16)19(28)13-33-23(29)18-11-20(34-21-4-2-3-9-32-21)17-10-15(25)12-26-22(17)18/h5-8,10,12,18,20-21H,2-4,9,11,13H2,1H3,(H,27,30). The van der Waals surface area contributed by atoms with Crippen LogP contribution in [0.3, 0.4) is 0 Å². The molecule has 1 aliphatic heterocycles. The van der Waals surface area contributed by atoms with Gasteiger partial charge in [-0.1, -0.05) is 0 Å². The Morgan fingerprint density at radius 1 is 1.21 bits per heavy atom. The zero-order chi connectivity index (χ0) is 24.1. The first-order valence-electron chi connectivity index (χ1n) is 11.0. The number of nitrogens with one attached hydrogen (secondary N) is 1. The lowest BCUT2D eigenvalue weighted by molar-refractivity contribution is -0.190. The molecule has 4 rings (SSSR count). The molecule has 2 heterocycles. The maximum absolute atomic E-state index is 12.9. The van der Waals surface area contributed by atoms with Gasteiger partial charge < -0.3 is 18.9 Å². The van der Waals surface area contributed by atoms with Crippen molar-refractivity contribution in [2.45, 2.75) is 44.0 Å². The number of Topliss-reactive ketones (excluding diaryl/α,β-unsaturated/α-hetero) is 1. The van der Waals surface area contributed by atoms with Gasteiger partial charge in [-0.3, -0.25) is 19.9 Å². The van der Waals surface area contributed by atoms with Gasteiger partial charge in [0.15, 0.2) is 18.7 Å². The largest absolute Gasteiger partial charge is 0.457 e. The number of ketones is 1. The number of hydrogen-bond donors (Lipinski definition) is 1. The highest BCUT2D eigenvalue weighted by molar-refractivity contribution is 9.10. The Morgan fingerprint density at radius 3 is 2.71 bits per heavy atom. The fourth-order valence-corrected chi connectivity index (χ4v) is 4.38. The van der Waals surface area contributed by atoms with Crippen LogP contribution < -0.4 is 5.32 Å². The fourth-order valence-electron chi connectivity index (χ4n) is 4.03. The lowest BCUT2D eigenvalue weighted by Crippen LogP contribution is -2.24. The molecule has 1 aromatic heterocycles. The summed E-state index contributed by atoms with van der Waals surface area (Å²) in [7, 11) is 1.26. The molecule has 1 amide bonds. The van der Waals surface area contributed by atoms with E-state index in [0.29, 0.717) is 30.0 Å².